The molecule has 1 rings (SSSR count). The van der Waals surface area contributed by atoms with E-state index in [-0.39, 0.29) is 11.6 Å². The topological polar surface area (TPSA) is 21.3 Å². The minimum atomic E-state index is -0.207. The quantitative estimate of drug-likeness (QED) is 0.795. The lowest BCUT2D eigenvalue weighted by Crippen LogP contribution is -2.40. The van der Waals surface area contributed by atoms with Crippen LogP contribution in [-0.4, -0.2) is 19.3 Å². The summed E-state index contributed by atoms with van der Waals surface area (Å²) in [5.74, 6) is 0. The van der Waals surface area contributed by atoms with Gasteiger partial charge in [-0.25, -0.2) is 0 Å². The Morgan fingerprint density at radius 1 is 1.28 bits per heavy atom. The highest BCUT2D eigenvalue weighted by Gasteiger charge is 2.29. The first-order chi connectivity index (χ1) is 8.55. The van der Waals surface area contributed by atoms with Crippen molar-refractivity contribution in [3.05, 3.63) is 35.4 Å². The molecule has 1 aromatic rings. The molecule has 2 heteroatoms. The van der Waals surface area contributed by atoms with Crippen LogP contribution in [0.25, 0.3) is 0 Å². The molecule has 0 amide bonds. The van der Waals surface area contributed by atoms with Gasteiger partial charge in [-0.3, -0.25) is 0 Å². The standard InChI is InChI=1S/C16H27NO/c1-6-9-13-10-8-11-14(12-13)15(17-7-2)16(3,4)18-5/h8,10-12,15,17H,6-7,9H2,1-5H3. The van der Waals surface area contributed by atoms with E-state index in [4.69, 9.17) is 4.74 Å². The zero-order valence-corrected chi connectivity index (χ0v) is 12.4. The molecule has 0 aliphatic carbocycles. The van der Waals surface area contributed by atoms with Crippen LogP contribution in [0, 0.1) is 0 Å². The number of aryl methyl sites for hydroxylation is 1. The van der Waals surface area contributed by atoms with E-state index >= 15 is 0 Å². The highest BCUT2D eigenvalue weighted by molar-refractivity contribution is 5.28. The van der Waals surface area contributed by atoms with Crippen LogP contribution in [0.5, 0.6) is 0 Å². The molecule has 0 saturated carbocycles. The maximum atomic E-state index is 5.64. The van der Waals surface area contributed by atoms with Crippen LogP contribution >= 0.6 is 0 Å². The second-order valence-corrected chi connectivity index (χ2v) is 5.29. The zero-order valence-electron chi connectivity index (χ0n) is 12.4. The largest absolute Gasteiger partial charge is 0.377 e. The molecule has 1 unspecified atom stereocenters. The second-order valence-electron chi connectivity index (χ2n) is 5.29. The molecule has 0 bridgehead atoms. The van der Waals surface area contributed by atoms with Crippen molar-refractivity contribution in [1.29, 1.82) is 0 Å². The lowest BCUT2D eigenvalue weighted by atomic mass is 9.90. The van der Waals surface area contributed by atoms with Gasteiger partial charge in [-0.15, -0.1) is 0 Å². The number of hydrogen-bond acceptors (Lipinski definition) is 2. The summed E-state index contributed by atoms with van der Waals surface area (Å²) in [4.78, 5) is 0. The molecule has 102 valence electrons. The molecule has 1 N–H and O–H groups in total. The van der Waals surface area contributed by atoms with Gasteiger partial charge in [0, 0.05) is 7.11 Å². The maximum Gasteiger partial charge on any atom is 0.0816 e. The van der Waals surface area contributed by atoms with Gasteiger partial charge >= 0.3 is 0 Å². The summed E-state index contributed by atoms with van der Waals surface area (Å²) in [7, 11) is 1.78. The molecule has 0 aliphatic heterocycles. The van der Waals surface area contributed by atoms with E-state index in [1.807, 2.05) is 0 Å². The first kappa shape index (κ1) is 15.2. The van der Waals surface area contributed by atoms with E-state index in [0.29, 0.717) is 0 Å². The highest BCUT2D eigenvalue weighted by Crippen LogP contribution is 2.29. The van der Waals surface area contributed by atoms with Gasteiger partial charge in [0.1, 0.15) is 0 Å². The summed E-state index contributed by atoms with van der Waals surface area (Å²) >= 11 is 0. The van der Waals surface area contributed by atoms with Gasteiger partial charge in [0.05, 0.1) is 11.6 Å². The zero-order chi connectivity index (χ0) is 13.6. The molecule has 0 heterocycles. The Morgan fingerprint density at radius 2 is 2.00 bits per heavy atom. The smallest absolute Gasteiger partial charge is 0.0816 e. The Balaban J connectivity index is 3.01. The first-order valence-electron chi connectivity index (χ1n) is 6.92. The molecule has 0 spiro atoms. The van der Waals surface area contributed by atoms with Crippen molar-refractivity contribution in [2.45, 2.75) is 52.2 Å². The van der Waals surface area contributed by atoms with Crippen molar-refractivity contribution in [2.75, 3.05) is 13.7 Å². The third-order valence-corrected chi connectivity index (χ3v) is 3.45. The van der Waals surface area contributed by atoms with Crippen LogP contribution < -0.4 is 5.32 Å². The van der Waals surface area contributed by atoms with Gasteiger partial charge in [-0.05, 0) is 37.9 Å². The van der Waals surface area contributed by atoms with Crippen molar-refractivity contribution in [1.82, 2.24) is 5.32 Å². The van der Waals surface area contributed by atoms with E-state index in [0.717, 1.165) is 13.0 Å². The van der Waals surface area contributed by atoms with Crippen molar-refractivity contribution in [2.24, 2.45) is 0 Å². The molecule has 2 nitrogen and oxygen atoms in total. The maximum absolute atomic E-state index is 5.64. The lowest BCUT2D eigenvalue weighted by molar-refractivity contribution is -0.0107. The fourth-order valence-corrected chi connectivity index (χ4v) is 2.30. The molecule has 18 heavy (non-hydrogen) atoms. The number of rotatable bonds is 7. The molecular formula is C16H27NO. The van der Waals surface area contributed by atoms with Gasteiger partial charge in [0.2, 0.25) is 0 Å². The summed E-state index contributed by atoms with van der Waals surface area (Å²) in [5.41, 5.74) is 2.51. The van der Waals surface area contributed by atoms with Crippen LogP contribution in [0.1, 0.15) is 51.3 Å². The normalized spacial score (nSPS) is 13.6. The Kier molecular flexibility index (Phi) is 5.83. The minimum Gasteiger partial charge on any atom is -0.377 e. The monoisotopic (exact) mass is 249 g/mol. The fourth-order valence-electron chi connectivity index (χ4n) is 2.30. The summed E-state index contributed by atoms with van der Waals surface area (Å²) in [5, 5.41) is 3.53. The molecule has 0 radical (unpaired) electrons. The molecule has 0 aliphatic rings. The third kappa shape index (κ3) is 3.82. The molecule has 1 atom stereocenters. The Hall–Kier alpha value is -0.860. The van der Waals surface area contributed by atoms with Gasteiger partial charge in [-0.1, -0.05) is 44.5 Å². The number of likely N-dealkylation sites (N-methyl/N-ethyl adjacent to an activating group) is 1. The number of benzene rings is 1. The van der Waals surface area contributed by atoms with Crippen LogP contribution in [-0.2, 0) is 11.2 Å². The summed E-state index contributed by atoms with van der Waals surface area (Å²) < 4.78 is 5.64. The molecule has 1 aromatic carbocycles. The van der Waals surface area contributed by atoms with Gasteiger partial charge < -0.3 is 10.1 Å². The minimum absolute atomic E-state index is 0.207. The number of nitrogens with one attached hydrogen (secondary N) is 1. The van der Waals surface area contributed by atoms with Crippen LogP contribution in [0.2, 0.25) is 0 Å². The highest BCUT2D eigenvalue weighted by atomic mass is 16.5. The Morgan fingerprint density at radius 3 is 2.56 bits per heavy atom. The average molecular weight is 249 g/mol. The van der Waals surface area contributed by atoms with Gasteiger partial charge in [-0.2, -0.15) is 0 Å². The Labute approximate surface area is 112 Å². The fraction of sp³-hybridized carbons (Fsp3) is 0.625. The van der Waals surface area contributed by atoms with Crippen molar-refractivity contribution in [3.8, 4) is 0 Å². The van der Waals surface area contributed by atoms with E-state index in [1.54, 1.807) is 7.11 Å². The summed E-state index contributed by atoms with van der Waals surface area (Å²) in [6, 6.07) is 9.07. The second kappa shape index (κ2) is 6.91. The van der Waals surface area contributed by atoms with Crippen molar-refractivity contribution >= 4 is 0 Å². The third-order valence-electron chi connectivity index (χ3n) is 3.45. The van der Waals surface area contributed by atoms with Gasteiger partial charge in [0.25, 0.3) is 0 Å². The molecule has 0 fully saturated rings. The summed E-state index contributed by atoms with van der Waals surface area (Å²) in [6.07, 6.45) is 2.32. The van der Waals surface area contributed by atoms with Crippen LogP contribution in [0.15, 0.2) is 24.3 Å². The van der Waals surface area contributed by atoms with Gasteiger partial charge in [0.15, 0.2) is 0 Å². The molecule has 0 saturated heterocycles. The number of ether oxygens (including phenoxy) is 1. The predicted octanol–water partition coefficient (Wildman–Crippen LogP) is 3.71. The van der Waals surface area contributed by atoms with Crippen LogP contribution in [0.3, 0.4) is 0 Å². The van der Waals surface area contributed by atoms with E-state index in [9.17, 15) is 0 Å². The molecular weight excluding hydrogens is 222 g/mol. The number of hydrogen-bond donors (Lipinski definition) is 1. The van der Waals surface area contributed by atoms with E-state index in [1.165, 1.54) is 17.5 Å². The van der Waals surface area contributed by atoms with E-state index < -0.39 is 0 Å². The number of methoxy groups -OCH3 is 1. The average Bonchev–Trinajstić information content (AvgIpc) is 2.36. The van der Waals surface area contributed by atoms with Crippen molar-refractivity contribution in [3.63, 3.8) is 0 Å². The van der Waals surface area contributed by atoms with Crippen LogP contribution in [0.4, 0.5) is 0 Å². The SMILES string of the molecule is CCCc1cccc(C(NCC)C(C)(C)OC)c1. The molecule has 0 aromatic heterocycles. The first-order valence-corrected chi connectivity index (χ1v) is 6.92. The summed E-state index contributed by atoms with van der Waals surface area (Å²) in [6.45, 7) is 9.55. The van der Waals surface area contributed by atoms with E-state index in [2.05, 4.69) is 57.3 Å². The Bertz CT molecular complexity index is 360. The lowest BCUT2D eigenvalue weighted by Gasteiger charge is -2.34. The predicted molar refractivity (Wildman–Crippen MR) is 77.9 cm³/mol. The van der Waals surface area contributed by atoms with Crippen molar-refractivity contribution < 1.29 is 4.74 Å².